The second-order valence-corrected chi connectivity index (χ2v) is 5.36. The molecule has 0 amide bonds. The number of carbonyl (C=O) groups is 1. The first-order valence-corrected chi connectivity index (χ1v) is 6.59. The molecule has 1 aliphatic rings. The van der Waals surface area contributed by atoms with E-state index in [1.807, 2.05) is 0 Å². The van der Waals surface area contributed by atoms with Crippen molar-refractivity contribution in [1.82, 2.24) is 0 Å². The highest BCUT2D eigenvalue weighted by molar-refractivity contribution is 5.81. The first-order chi connectivity index (χ1) is 9.90. The van der Waals surface area contributed by atoms with Gasteiger partial charge < -0.3 is 9.84 Å². The SMILES string of the molecule is C=CC(=O)OC1CCCC(CC(O)(C(F)(F)F)C(F)(F)F)C1. The molecule has 1 fully saturated rings. The molecular weight excluding hydrogens is 318 g/mol. The van der Waals surface area contributed by atoms with Gasteiger partial charge in [0.15, 0.2) is 0 Å². The van der Waals surface area contributed by atoms with E-state index >= 15 is 0 Å². The molecule has 3 nitrogen and oxygen atoms in total. The van der Waals surface area contributed by atoms with Crippen molar-refractivity contribution in [3.63, 3.8) is 0 Å². The summed E-state index contributed by atoms with van der Waals surface area (Å²) in [5.74, 6) is -1.84. The van der Waals surface area contributed by atoms with Gasteiger partial charge in [0.25, 0.3) is 5.60 Å². The van der Waals surface area contributed by atoms with Gasteiger partial charge in [0.2, 0.25) is 0 Å². The number of alkyl halides is 6. The zero-order valence-corrected chi connectivity index (χ0v) is 11.5. The third-order valence-electron chi connectivity index (χ3n) is 3.71. The number of hydrogen-bond acceptors (Lipinski definition) is 3. The van der Waals surface area contributed by atoms with E-state index in [0.29, 0.717) is 12.8 Å². The molecule has 1 N–H and O–H groups in total. The molecule has 1 rings (SSSR count). The molecule has 1 aliphatic carbocycles. The minimum Gasteiger partial charge on any atom is -0.459 e. The smallest absolute Gasteiger partial charge is 0.426 e. The second-order valence-electron chi connectivity index (χ2n) is 5.36. The molecule has 22 heavy (non-hydrogen) atoms. The van der Waals surface area contributed by atoms with Gasteiger partial charge in [-0.15, -0.1) is 0 Å². The number of rotatable bonds is 4. The average molecular weight is 334 g/mol. The molecule has 2 atom stereocenters. The third-order valence-corrected chi connectivity index (χ3v) is 3.71. The molecule has 0 saturated heterocycles. The Morgan fingerprint density at radius 2 is 1.73 bits per heavy atom. The summed E-state index contributed by atoms with van der Waals surface area (Å²) in [5, 5.41) is 9.18. The number of esters is 1. The fraction of sp³-hybridized carbons (Fsp3) is 0.769. The lowest BCUT2D eigenvalue weighted by atomic mass is 9.79. The van der Waals surface area contributed by atoms with Crippen molar-refractivity contribution in [3.8, 4) is 0 Å². The van der Waals surface area contributed by atoms with Gasteiger partial charge in [0, 0.05) is 6.08 Å². The van der Waals surface area contributed by atoms with Gasteiger partial charge >= 0.3 is 18.3 Å². The van der Waals surface area contributed by atoms with Gasteiger partial charge in [0.1, 0.15) is 6.10 Å². The predicted molar refractivity (Wildman–Crippen MR) is 63.7 cm³/mol. The van der Waals surface area contributed by atoms with E-state index in [1.165, 1.54) is 0 Å². The Hall–Kier alpha value is -1.25. The van der Waals surface area contributed by atoms with Crippen LogP contribution in [0.4, 0.5) is 26.3 Å². The van der Waals surface area contributed by atoms with Crippen LogP contribution in [0.2, 0.25) is 0 Å². The van der Waals surface area contributed by atoms with E-state index in [2.05, 4.69) is 6.58 Å². The van der Waals surface area contributed by atoms with Gasteiger partial charge in [-0.1, -0.05) is 13.0 Å². The van der Waals surface area contributed by atoms with Crippen LogP contribution in [-0.2, 0) is 9.53 Å². The summed E-state index contributed by atoms with van der Waals surface area (Å²) in [6, 6.07) is 0. The molecule has 0 aromatic carbocycles. The molecule has 2 unspecified atom stereocenters. The molecule has 1 saturated carbocycles. The van der Waals surface area contributed by atoms with Crippen molar-refractivity contribution in [2.24, 2.45) is 5.92 Å². The Labute approximate surface area is 122 Å². The number of hydrogen-bond donors (Lipinski definition) is 1. The lowest BCUT2D eigenvalue weighted by molar-refractivity contribution is -0.373. The highest BCUT2D eigenvalue weighted by atomic mass is 19.4. The fourth-order valence-corrected chi connectivity index (χ4v) is 2.56. The minimum atomic E-state index is -5.82. The molecule has 0 aromatic heterocycles. The van der Waals surface area contributed by atoms with Crippen LogP contribution in [-0.4, -0.2) is 35.1 Å². The number of aliphatic hydroxyl groups is 1. The van der Waals surface area contributed by atoms with Crippen LogP contribution in [0.5, 0.6) is 0 Å². The highest BCUT2D eigenvalue weighted by Gasteiger charge is 2.70. The molecular formula is C13H16F6O3. The quantitative estimate of drug-likeness (QED) is 0.486. The van der Waals surface area contributed by atoms with E-state index in [4.69, 9.17) is 4.74 Å². The molecule has 0 aromatic rings. The first-order valence-electron chi connectivity index (χ1n) is 6.59. The third kappa shape index (κ3) is 4.15. The van der Waals surface area contributed by atoms with Crippen molar-refractivity contribution < 1.29 is 41.0 Å². The molecule has 0 heterocycles. The summed E-state index contributed by atoms with van der Waals surface area (Å²) >= 11 is 0. The van der Waals surface area contributed by atoms with E-state index in [0.717, 1.165) is 6.08 Å². The van der Waals surface area contributed by atoms with Crippen molar-refractivity contribution in [1.29, 1.82) is 0 Å². The Morgan fingerprint density at radius 3 is 2.18 bits per heavy atom. The monoisotopic (exact) mass is 334 g/mol. The van der Waals surface area contributed by atoms with Crippen LogP contribution >= 0.6 is 0 Å². The molecule has 0 bridgehead atoms. The summed E-state index contributed by atoms with van der Waals surface area (Å²) in [4.78, 5) is 11.0. The summed E-state index contributed by atoms with van der Waals surface area (Å²) in [6.45, 7) is 3.16. The maximum absolute atomic E-state index is 12.6. The zero-order chi connectivity index (χ0) is 17.2. The topological polar surface area (TPSA) is 46.5 Å². The van der Waals surface area contributed by atoms with Crippen LogP contribution in [0.25, 0.3) is 0 Å². The Bertz CT molecular complexity index is 401. The standard InChI is InChI=1S/C13H16F6O3/c1-2-10(20)22-9-5-3-4-8(6-9)7-11(21,12(14,15)16)13(17,18)19/h2,8-9,21H,1,3-7H2. The molecule has 9 heteroatoms. The lowest BCUT2D eigenvalue weighted by Gasteiger charge is -2.37. The minimum absolute atomic E-state index is 0.0939. The van der Waals surface area contributed by atoms with Crippen molar-refractivity contribution in [3.05, 3.63) is 12.7 Å². The largest absolute Gasteiger partial charge is 0.459 e. The van der Waals surface area contributed by atoms with Gasteiger partial charge in [-0.3, -0.25) is 0 Å². The van der Waals surface area contributed by atoms with Crippen LogP contribution in [0, 0.1) is 5.92 Å². The van der Waals surface area contributed by atoms with E-state index in [1.54, 1.807) is 0 Å². The predicted octanol–water partition coefficient (Wildman–Crippen LogP) is 3.52. The maximum atomic E-state index is 12.6. The fourth-order valence-electron chi connectivity index (χ4n) is 2.56. The summed E-state index contributed by atoms with van der Waals surface area (Å²) in [5.41, 5.74) is -4.75. The highest BCUT2D eigenvalue weighted by Crippen LogP contribution is 2.48. The Balaban J connectivity index is 2.82. The number of carbonyl (C=O) groups excluding carboxylic acids is 1. The van der Waals surface area contributed by atoms with E-state index in [-0.39, 0.29) is 12.8 Å². The zero-order valence-electron chi connectivity index (χ0n) is 11.5. The Morgan fingerprint density at radius 1 is 1.18 bits per heavy atom. The Kier molecular flexibility index (Phi) is 5.53. The van der Waals surface area contributed by atoms with Crippen LogP contribution < -0.4 is 0 Å². The molecule has 0 spiro atoms. The van der Waals surface area contributed by atoms with E-state index in [9.17, 15) is 36.2 Å². The van der Waals surface area contributed by atoms with Gasteiger partial charge in [-0.05, 0) is 31.6 Å². The van der Waals surface area contributed by atoms with Crippen LogP contribution in [0.1, 0.15) is 32.1 Å². The molecule has 0 aliphatic heterocycles. The second kappa shape index (κ2) is 6.47. The van der Waals surface area contributed by atoms with Crippen LogP contribution in [0.3, 0.4) is 0 Å². The van der Waals surface area contributed by atoms with Crippen molar-refractivity contribution in [2.45, 2.75) is 56.2 Å². The molecule has 128 valence electrons. The molecule has 0 radical (unpaired) electrons. The van der Waals surface area contributed by atoms with E-state index < -0.39 is 42.4 Å². The summed E-state index contributed by atoms with van der Waals surface area (Å²) in [6.07, 6.45) is -12.4. The summed E-state index contributed by atoms with van der Waals surface area (Å²) in [7, 11) is 0. The number of ether oxygens (including phenoxy) is 1. The van der Waals surface area contributed by atoms with Gasteiger partial charge in [-0.2, -0.15) is 26.3 Å². The van der Waals surface area contributed by atoms with Gasteiger partial charge in [-0.25, -0.2) is 4.79 Å². The normalized spacial score (nSPS) is 24.0. The number of halogens is 6. The average Bonchev–Trinajstić information content (AvgIpc) is 2.36. The van der Waals surface area contributed by atoms with Crippen molar-refractivity contribution in [2.75, 3.05) is 0 Å². The maximum Gasteiger partial charge on any atom is 0.426 e. The first kappa shape index (κ1) is 18.8. The lowest BCUT2D eigenvalue weighted by Crippen LogP contribution is -2.58. The van der Waals surface area contributed by atoms with Crippen molar-refractivity contribution >= 4 is 5.97 Å². The van der Waals surface area contributed by atoms with Crippen LogP contribution in [0.15, 0.2) is 12.7 Å². The van der Waals surface area contributed by atoms with Gasteiger partial charge in [0.05, 0.1) is 0 Å². The summed E-state index contributed by atoms with van der Waals surface area (Å²) < 4.78 is 80.7.